The molecule has 1 heterocycles. The van der Waals surface area contributed by atoms with Crippen LogP contribution in [-0.2, 0) is 35.0 Å². The second kappa shape index (κ2) is 27.5. The van der Waals surface area contributed by atoms with Gasteiger partial charge < -0.3 is 44.3 Å². The number of fused-ring (bicyclic) bond motifs is 1. The minimum Gasteiger partial charge on any atom is -0.507 e. The Labute approximate surface area is 425 Å². The summed E-state index contributed by atoms with van der Waals surface area (Å²) in [5.41, 5.74) is 4.73. The van der Waals surface area contributed by atoms with Gasteiger partial charge >= 0.3 is 24.0 Å². The topological polar surface area (TPSA) is 252 Å². The number of aromatic hydroxyl groups is 3. The highest BCUT2D eigenvalue weighted by Crippen LogP contribution is 2.28. The van der Waals surface area contributed by atoms with Crippen molar-refractivity contribution in [2.75, 3.05) is 33.0 Å². The predicted molar refractivity (Wildman–Crippen MR) is 272 cm³/mol. The molecule has 6 aromatic carbocycles. The van der Waals surface area contributed by atoms with E-state index in [4.69, 9.17) is 23.7 Å². The Kier molecular flexibility index (Phi) is 20.5. The number of hydrogen-bond donors (Lipinski definition) is 4. The van der Waals surface area contributed by atoms with Gasteiger partial charge in [0.2, 0.25) is 0 Å². The van der Waals surface area contributed by atoms with E-state index in [1.165, 1.54) is 42.1 Å². The summed E-state index contributed by atoms with van der Waals surface area (Å²) in [6.45, 7) is 13.8. The molecule has 0 spiro atoms. The molecule has 0 saturated heterocycles. The van der Waals surface area contributed by atoms with Crippen LogP contribution in [0.15, 0.2) is 176 Å². The molecular weight excluding hydrogens is 953 g/mol. The number of benzene rings is 6. The van der Waals surface area contributed by atoms with Crippen LogP contribution in [0.5, 0.6) is 28.7 Å². The summed E-state index contributed by atoms with van der Waals surface area (Å²) in [7, 11) is 0. The van der Waals surface area contributed by atoms with E-state index in [9.17, 15) is 44.1 Å². The molecule has 0 radical (unpaired) electrons. The Morgan fingerprint density at radius 2 is 1.09 bits per heavy atom. The lowest BCUT2D eigenvalue weighted by atomic mass is 10.0. The molecule has 380 valence electrons. The molecule has 74 heavy (non-hydrogen) atoms. The third-order valence-electron chi connectivity index (χ3n) is 9.94. The zero-order valence-corrected chi connectivity index (χ0v) is 40.4. The SMILES string of the molecule is C=C(C)C(=O)OCCNC(=O)Oc1ccc(C(=O)c2ccccc2)c(O)c1.C=C(C)C(=O)OCCc1ccc(O)c(-n2nc3ccccc3n2)c1.C=CC(=O)OCCOc1ccc(C(=O)c2ccccc2)c(O)c1. The van der Waals surface area contributed by atoms with Gasteiger partial charge in [0.1, 0.15) is 65.3 Å². The first kappa shape index (κ1) is 55.1. The molecule has 0 saturated carbocycles. The number of esters is 3. The number of aromatic nitrogens is 3. The van der Waals surface area contributed by atoms with E-state index in [1.54, 1.807) is 85.8 Å². The van der Waals surface area contributed by atoms with Gasteiger partial charge in [-0.2, -0.15) is 0 Å². The largest absolute Gasteiger partial charge is 0.507 e. The van der Waals surface area contributed by atoms with Gasteiger partial charge in [-0.15, -0.1) is 15.0 Å². The molecule has 0 unspecified atom stereocenters. The van der Waals surface area contributed by atoms with Crippen LogP contribution in [0.4, 0.5) is 4.79 Å². The van der Waals surface area contributed by atoms with Crippen molar-refractivity contribution in [3.05, 3.63) is 204 Å². The minimum atomic E-state index is -0.789. The fourth-order valence-corrected chi connectivity index (χ4v) is 6.21. The van der Waals surface area contributed by atoms with Gasteiger partial charge in [-0.3, -0.25) is 9.59 Å². The van der Waals surface area contributed by atoms with Crippen LogP contribution in [0, 0.1) is 0 Å². The maximum atomic E-state index is 12.4. The van der Waals surface area contributed by atoms with Crippen molar-refractivity contribution in [3.8, 4) is 34.4 Å². The average Bonchev–Trinajstić information content (AvgIpc) is 3.84. The fourth-order valence-electron chi connectivity index (χ4n) is 6.21. The third-order valence-corrected chi connectivity index (χ3v) is 9.94. The van der Waals surface area contributed by atoms with Gasteiger partial charge in [0, 0.05) is 46.9 Å². The maximum Gasteiger partial charge on any atom is 0.412 e. The van der Waals surface area contributed by atoms with E-state index >= 15 is 0 Å². The second-order valence-corrected chi connectivity index (χ2v) is 15.7. The summed E-state index contributed by atoms with van der Waals surface area (Å²) in [4.78, 5) is 71.2. The van der Waals surface area contributed by atoms with Crippen LogP contribution < -0.4 is 14.8 Å². The van der Waals surface area contributed by atoms with E-state index in [1.807, 2.05) is 30.3 Å². The van der Waals surface area contributed by atoms with Gasteiger partial charge in [-0.05, 0) is 67.9 Å². The summed E-state index contributed by atoms with van der Waals surface area (Å²) < 4.78 is 25.0. The van der Waals surface area contributed by atoms with Gasteiger partial charge in [-0.1, -0.05) is 98.6 Å². The zero-order chi connectivity index (χ0) is 53.6. The lowest BCUT2D eigenvalue weighted by Crippen LogP contribution is -2.30. The molecule has 1 amide bonds. The number of nitrogens with zero attached hydrogens (tertiary/aromatic N) is 3. The molecule has 1 aromatic heterocycles. The molecule has 18 nitrogen and oxygen atoms in total. The van der Waals surface area contributed by atoms with Crippen LogP contribution in [-0.4, -0.2) is 98.9 Å². The number of nitrogens with one attached hydrogen (secondary N) is 1. The Bertz CT molecular complexity index is 3120. The molecule has 0 bridgehead atoms. The van der Waals surface area contributed by atoms with Crippen LogP contribution in [0.25, 0.3) is 16.7 Å². The standard InChI is InChI=1S/C20H19NO6.C18H17N3O3.C18H16O5/c1-13(2)19(24)26-11-10-21-20(25)27-15-8-9-16(17(22)12-15)18(23)14-6-4-3-5-7-14;1-12(2)18(23)24-10-9-13-7-8-17(22)16(11-13)21-19-14-5-3-4-6-15(14)20-21;1-2-17(20)23-11-10-22-14-8-9-15(16(19)12-14)18(21)13-6-4-3-5-7-13/h3-9,12,22H,1,10-11H2,2H3,(H,21,25);3-8,11,22H,1,9-10H2,2H3;2-9,12,19H,1,10-11H2. The number of ether oxygens (including phenoxy) is 5. The summed E-state index contributed by atoms with van der Waals surface area (Å²) in [6.07, 6.45) is 0.797. The van der Waals surface area contributed by atoms with Crippen LogP contribution in [0.1, 0.15) is 51.3 Å². The number of carbonyl (C=O) groups excluding carboxylic acids is 6. The van der Waals surface area contributed by atoms with E-state index in [0.717, 1.165) is 22.7 Å². The van der Waals surface area contributed by atoms with E-state index < -0.39 is 24.0 Å². The van der Waals surface area contributed by atoms with E-state index in [0.29, 0.717) is 34.6 Å². The van der Waals surface area contributed by atoms with Gasteiger partial charge in [0.05, 0.1) is 24.3 Å². The molecule has 18 heteroatoms. The van der Waals surface area contributed by atoms with Crippen molar-refractivity contribution < 1.29 is 67.8 Å². The van der Waals surface area contributed by atoms with Crippen LogP contribution in [0.2, 0.25) is 0 Å². The first-order valence-electron chi connectivity index (χ1n) is 22.6. The second-order valence-electron chi connectivity index (χ2n) is 15.7. The monoisotopic (exact) mass is 1000 g/mol. The Hall–Kier alpha value is -9.84. The first-order valence-corrected chi connectivity index (χ1v) is 22.6. The molecule has 0 aliphatic carbocycles. The van der Waals surface area contributed by atoms with Crippen molar-refractivity contribution >= 4 is 46.6 Å². The summed E-state index contributed by atoms with van der Waals surface area (Å²) in [6, 6.07) is 38.2. The Balaban J connectivity index is 0.000000206. The third kappa shape index (κ3) is 16.7. The van der Waals surface area contributed by atoms with E-state index in [2.05, 4.69) is 35.3 Å². The molecule has 4 N–H and O–H groups in total. The van der Waals surface area contributed by atoms with Gasteiger partial charge in [0.25, 0.3) is 0 Å². The number of hydrogen-bond acceptors (Lipinski definition) is 16. The van der Waals surface area contributed by atoms with Crippen molar-refractivity contribution in [2.24, 2.45) is 0 Å². The van der Waals surface area contributed by atoms with Crippen LogP contribution >= 0.6 is 0 Å². The smallest absolute Gasteiger partial charge is 0.412 e. The first-order chi connectivity index (χ1) is 35.5. The molecule has 7 rings (SSSR count). The molecular formula is C56H52N4O14. The maximum absolute atomic E-state index is 12.4. The van der Waals surface area contributed by atoms with Crippen molar-refractivity contribution in [2.45, 2.75) is 20.3 Å². The molecule has 0 aliphatic rings. The number of phenolic OH excluding ortho intramolecular Hbond substituents is 3. The highest BCUT2D eigenvalue weighted by atomic mass is 16.6. The quantitative estimate of drug-likeness (QED) is 0.0195. The lowest BCUT2D eigenvalue weighted by molar-refractivity contribution is -0.139. The van der Waals surface area contributed by atoms with Crippen molar-refractivity contribution in [3.63, 3.8) is 0 Å². The van der Waals surface area contributed by atoms with E-state index in [-0.39, 0.29) is 84.2 Å². The highest BCUT2D eigenvalue weighted by Gasteiger charge is 2.17. The molecule has 0 atom stereocenters. The number of amides is 1. The van der Waals surface area contributed by atoms with Gasteiger partial charge in [0.15, 0.2) is 11.6 Å². The Morgan fingerprint density at radius 1 is 0.581 bits per heavy atom. The minimum absolute atomic E-state index is 0.0312. The number of ketones is 2. The number of carbonyl (C=O) groups is 6. The summed E-state index contributed by atoms with van der Waals surface area (Å²) in [5, 5.41) is 41.3. The number of rotatable bonds is 19. The zero-order valence-electron chi connectivity index (χ0n) is 40.4. The lowest BCUT2D eigenvalue weighted by Gasteiger charge is -2.09. The van der Waals surface area contributed by atoms with Crippen molar-refractivity contribution in [1.82, 2.24) is 20.3 Å². The van der Waals surface area contributed by atoms with Gasteiger partial charge in [-0.25, -0.2) is 19.2 Å². The molecule has 0 aliphatic heterocycles. The van der Waals surface area contributed by atoms with Crippen LogP contribution in [0.3, 0.4) is 0 Å². The fraction of sp³-hybridized carbons (Fsp3) is 0.143. The predicted octanol–water partition coefficient (Wildman–Crippen LogP) is 8.35. The normalized spacial score (nSPS) is 10.2. The van der Waals surface area contributed by atoms with Crippen molar-refractivity contribution in [1.29, 1.82) is 0 Å². The molecule has 7 aromatic rings. The average molecular weight is 1010 g/mol. The highest BCUT2D eigenvalue weighted by molar-refractivity contribution is 6.11. The summed E-state index contributed by atoms with van der Waals surface area (Å²) >= 11 is 0. The number of phenols is 3. The molecule has 0 fully saturated rings. The summed E-state index contributed by atoms with van der Waals surface area (Å²) in [5.74, 6) is -2.04. The Morgan fingerprint density at radius 3 is 1.62 bits per heavy atom.